The van der Waals surface area contributed by atoms with Crippen LogP contribution < -0.4 is 10.2 Å². The molecule has 0 radical (unpaired) electrons. The number of piperazine rings is 1. The van der Waals surface area contributed by atoms with Gasteiger partial charge < -0.3 is 15.1 Å². The number of nitrogens with one attached hydrogen (secondary N) is 1. The normalized spacial score (nSPS) is 14.8. The van der Waals surface area contributed by atoms with Gasteiger partial charge in [-0.3, -0.25) is 14.5 Å². The number of hydrogen-bond acceptors (Lipinski definition) is 3. The second-order valence-corrected chi connectivity index (χ2v) is 6.73. The number of rotatable bonds is 5. The summed E-state index contributed by atoms with van der Waals surface area (Å²) in [6.07, 6.45) is 5.58. The van der Waals surface area contributed by atoms with E-state index < -0.39 is 0 Å². The van der Waals surface area contributed by atoms with Crippen molar-refractivity contribution in [1.29, 1.82) is 0 Å². The average molecular weight is 496 g/mol. The number of carbonyl (C=O) groups excluding carboxylic acids is 1. The molecule has 1 aliphatic rings. The van der Waals surface area contributed by atoms with Crippen LogP contribution >= 0.6 is 24.0 Å². The predicted octanol–water partition coefficient (Wildman–Crippen LogP) is 2.07. The highest BCUT2D eigenvalue weighted by Gasteiger charge is 2.27. The van der Waals surface area contributed by atoms with Crippen molar-refractivity contribution in [3.63, 3.8) is 0 Å². The van der Waals surface area contributed by atoms with Gasteiger partial charge >= 0.3 is 0 Å². The summed E-state index contributed by atoms with van der Waals surface area (Å²) in [4.78, 5) is 20.7. The summed E-state index contributed by atoms with van der Waals surface area (Å²) in [5.74, 6) is 0.840. The predicted molar refractivity (Wildman–Crippen MR) is 123 cm³/mol. The van der Waals surface area contributed by atoms with E-state index in [0.717, 1.165) is 37.6 Å². The van der Waals surface area contributed by atoms with E-state index in [4.69, 9.17) is 0 Å². The molecule has 1 N–H and O–H groups in total. The third kappa shape index (κ3) is 5.46. The molecule has 7 nitrogen and oxygen atoms in total. The minimum absolute atomic E-state index is 0. The second-order valence-electron chi connectivity index (χ2n) is 6.73. The number of anilines is 1. The lowest BCUT2D eigenvalue weighted by Gasteiger charge is -2.35. The van der Waals surface area contributed by atoms with E-state index in [0.29, 0.717) is 13.1 Å². The maximum Gasteiger partial charge on any atom is 0.246 e. The van der Waals surface area contributed by atoms with Crippen LogP contribution in [0, 0.1) is 0 Å². The van der Waals surface area contributed by atoms with Crippen molar-refractivity contribution < 1.29 is 4.79 Å². The lowest BCUT2D eigenvalue weighted by atomic mass is 10.1. The zero-order valence-corrected chi connectivity index (χ0v) is 19.1. The van der Waals surface area contributed by atoms with E-state index >= 15 is 0 Å². The molecular weight excluding hydrogens is 467 g/mol. The minimum Gasteiger partial charge on any atom is -0.356 e. The molecule has 1 aromatic carbocycles. The molecule has 2 heterocycles. The van der Waals surface area contributed by atoms with E-state index in [1.807, 2.05) is 18.1 Å². The Morgan fingerprint density at radius 3 is 2.50 bits per heavy atom. The molecule has 1 amide bonds. The van der Waals surface area contributed by atoms with Crippen LogP contribution in [-0.2, 0) is 24.7 Å². The molecule has 0 bridgehead atoms. The van der Waals surface area contributed by atoms with Gasteiger partial charge in [-0.15, -0.1) is 24.0 Å². The van der Waals surface area contributed by atoms with Crippen LogP contribution in [0.3, 0.4) is 0 Å². The molecule has 0 aliphatic carbocycles. The van der Waals surface area contributed by atoms with Crippen LogP contribution in [0.15, 0.2) is 41.7 Å². The number of aliphatic imine (C=N–C) groups is 1. The molecule has 0 saturated carbocycles. The largest absolute Gasteiger partial charge is 0.356 e. The smallest absolute Gasteiger partial charge is 0.246 e. The summed E-state index contributed by atoms with van der Waals surface area (Å²) >= 11 is 0. The fraction of sp³-hybridized carbons (Fsp3) is 0.450. The summed E-state index contributed by atoms with van der Waals surface area (Å²) in [5.41, 5.74) is 3.50. The summed E-state index contributed by atoms with van der Waals surface area (Å²) in [6.45, 7) is 4.64. The fourth-order valence-electron chi connectivity index (χ4n) is 3.27. The van der Waals surface area contributed by atoms with Crippen molar-refractivity contribution in [2.75, 3.05) is 38.1 Å². The number of aromatic nitrogens is 2. The molecule has 1 aliphatic heterocycles. The maximum absolute atomic E-state index is 12.6. The number of carbonyl (C=O) groups is 1. The Morgan fingerprint density at radius 2 is 1.93 bits per heavy atom. The molecule has 1 saturated heterocycles. The zero-order valence-electron chi connectivity index (χ0n) is 16.8. The first kappa shape index (κ1) is 22.2. The Kier molecular flexibility index (Phi) is 8.28. The summed E-state index contributed by atoms with van der Waals surface area (Å²) in [7, 11) is 3.61. The highest BCUT2D eigenvalue weighted by molar-refractivity contribution is 14.0. The number of guanidine groups is 1. The van der Waals surface area contributed by atoms with Crippen molar-refractivity contribution >= 4 is 41.5 Å². The topological polar surface area (TPSA) is 65.8 Å². The van der Waals surface area contributed by atoms with Crippen LogP contribution in [0.4, 0.5) is 5.69 Å². The Bertz CT molecular complexity index is 801. The number of hydrogen-bond donors (Lipinski definition) is 1. The molecule has 2 aromatic rings. The Morgan fingerprint density at radius 1 is 1.21 bits per heavy atom. The molecule has 0 atom stereocenters. The van der Waals surface area contributed by atoms with Crippen molar-refractivity contribution in [2.24, 2.45) is 12.0 Å². The lowest BCUT2D eigenvalue weighted by Crippen LogP contribution is -2.55. The molecule has 0 spiro atoms. The molecular formula is C20H29IN6O. The molecule has 8 heteroatoms. The van der Waals surface area contributed by atoms with Crippen molar-refractivity contribution in [3.8, 4) is 0 Å². The van der Waals surface area contributed by atoms with E-state index in [9.17, 15) is 4.79 Å². The van der Waals surface area contributed by atoms with Gasteiger partial charge in [-0.1, -0.05) is 31.2 Å². The second kappa shape index (κ2) is 10.4. The third-order valence-electron chi connectivity index (χ3n) is 4.86. The number of benzene rings is 1. The lowest BCUT2D eigenvalue weighted by molar-refractivity contribution is -0.120. The molecule has 1 fully saturated rings. The van der Waals surface area contributed by atoms with Gasteiger partial charge in [-0.05, 0) is 24.0 Å². The van der Waals surface area contributed by atoms with Gasteiger partial charge in [0.05, 0.1) is 11.9 Å². The Labute approximate surface area is 183 Å². The molecule has 152 valence electrons. The van der Waals surface area contributed by atoms with Gasteiger partial charge in [-0.2, -0.15) is 5.10 Å². The fourth-order valence-corrected chi connectivity index (χ4v) is 3.27. The standard InChI is InChI=1S/C20H28N6O.HI/c1-4-16-5-7-17(8-6-16)9-10-22-20(21-2)25-11-12-26(19(27)15-25)18-13-23-24(3)14-18;/h5-8,13-14H,4,9-12,15H2,1-3H3,(H,21,22);1H. The SMILES string of the molecule is CCc1ccc(CCNC(=NC)N2CCN(c3cnn(C)c3)C(=O)C2)cc1.I. The van der Waals surface area contributed by atoms with E-state index in [2.05, 4.69) is 46.6 Å². The number of amides is 1. The van der Waals surface area contributed by atoms with Crippen LogP contribution in [0.1, 0.15) is 18.1 Å². The van der Waals surface area contributed by atoms with Crippen molar-refractivity contribution in [1.82, 2.24) is 20.0 Å². The minimum atomic E-state index is 0. The summed E-state index contributed by atoms with van der Waals surface area (Å²) in [5, 5.41) is 7.53. The summed E-state index contributed by atoms with van der Waals surface area (Å²) in [6, 6.07) is 8.72. The Balaban J connectivity index is 0.00000280. The highest BCUT2D eigenvalue weighted by atomic mass is 127. The van der Waals surface area contributed by atoms with Crippen LogP contribution in [-0.4, -0.2) is 59.8 Å². The van der Waals surface area contributed by atoms with Crippen molar-refractivity contribution in [2.45, 2.75) is 19.8 Å². The third-order valence-corrected chi connectivity index (χ3v) is 4.86. The van der Waals surface area contributed by atoms with Gasteiger partial charge in [0.1, 0.15) is 6.54 Å². The van der Waals surface area contributed by atoms with Crippen LogP contribution in [0.2, 0.25) is 0 Å². The number of halogens is 1. The average Bonchev–Trinajstić information content (AvgIpc) is 3.11. The first-order valence-electron chi connectivity index (χ1n) is 9.43. The van der Waals surface area contributed by atoms with Crippen LogP contribution in [0.25, 0.3) is 0 Å². The first-order chi connectivity index (χ1) is 13.1. The highest BCUT2D eigenvalue weighted by Crippen LogP contribution is 2.16. The molecule has 3 rings (SSSR count). The molecule has 1 aromatic heterocycles. The number of aryl methyl sites for hydroxylation is 2. The van der Waals surface area contributed by atoms with E-state index in [1.54, 1.807) is 22.8 Å². The van der Waals surface area contributed by atoms with Crippen LogP contribution in [0.5, 0.6) is 0 Å². The number of nitrogens with zero attached hydrogens (tertiary/aromatic N) is 5. The monoisotopic (exact) mass is 496 g/mol. The molecule has 28 heavy (non-hydrogen) atoms. The van der Waals surface area contributed by atoms with E-state index in [-0.39, 0.29) is 29.9 Å². The molecule has 0 unspecified atom stereocenters. The van der Waals surface area contributed by atoms with Gasteiger partial charge in [0.2, 0.25) is 5.91 Å². The Hall–Kier alpha value is -2.10. The van der Waals surface area contributed by atoms with Gasteiger partial charge in [0.25, 0.3) is 0 Å². The first-order valence-corrected chi connectivity index (χ1v) is 9.43. The zero-order chi connectivity index (χ0) is 19.2. The maximum atomic E-state index is 12.6. The van der Waals surface area contributed by atoms with Gasteiger partial charge in [0.15, 0.2) is 5.96 Å². The van der Waals surface area contributed by atoms with Crippen molar-refractivity contribution in [3.05, 3.63) is 47.8 Å². The van der Waals surface area contributed by atoms with Gasteiger partial charge in [-0.25, -0.2) is 0 Å². The summed E-state index contributed by atoms with van der Waals surface area (Å²) < 4.78 is 1.71. The van der Waals surface area contributed by atoms with Gasteiger partial charge in [0, 0.05) is 39.9 Å². The quantitative estimate of drug-likeness (QED) is 0.391. The van der Waals surface area contributed by atoms with E-state index in [1.165, 1.54) is 11.1 Å².